The zero-order chi connectivity index (χ0) is 15.2. The van der Waals surface area contributed by atoms with Gasteiger partial charge in [-0.2, -0.15) is 0 Å². The largest absolute Gasteiger partial charge is 0.507 e. The molecule has 0 fully saturated rings. The van der Waals surface area contributed by atoms with Crippen molar-refractivity contribution >= 4 is 11.9 Å². The molecule has 21 heavy (non-hydrogen) atoms. The number of phenolic OH excluding ortho intramolecular Hbond substituents is 1. The fourth-order valence-corrected chi connectivity index (χ4v) is 1.88. The van der Waals surface area contributed by atoms with E-state index in [1.54, 1.807) is 12.1 Å². The van der Waals surface area contributed by atoms with E-state index in [4.69, 9.17) is 0 Å². The molecule has 0 spiro atoms. The maximum atomic E-state index is 11.8. The van der Waals surface area contributed by atoms with Crippen molar-refractivity contribution in [2.24, 2.45) is 0 Å². The van der Waals surface area contributed by atoms with Gasteiger partial charge in [-0.15, -0.1) is 0 Å². The molecule has 108 valence electrons. The first kappa shape index (κ1) is 14.6. The van der Waals surface area contributed by atoms with Crippen LogP contribution in [0.3, 0.4) is 0 Å². The van der Waals surface area contributed by atoms with Crippen LogP contribution < -0.4 is 10.6 Å². The number of para-hydroxylation sites is 1. The highest BCUT2D eigenvalue weighted by Crippen LogP contribution is 2.14. The Hall–Kier alpha value is -2.82. The number of urea groups is 1. The topological polar surface area (TPSA) is 78.4 Å². The smallest absolute Gasteiger partial charge is 0.321 e. The average Bonchev–Trinajstić information content (AvgIpc) is 2.45. The lowest BCUT2D eigenvalue weighted by atomic mass is 10.1. The number of rotatable bonds is 3. The number of aryl methyl sites for hydroxylation is 1. The number of hydrogen-bond acceptors (Lipinski definition) is 3. The summed E-state index contributed by atoms with van der Waals surface area (Å²) in [5.74, 6) is -0.809. The molecule has 0 aromatic heterocycles. The van der Waals surface area contributed by atoms with Gasteiger partial charge < -0.3 is 10.4 Å². The zero-order valence-corrected chi connectivity index (χ0v) is 11.6. The van der Waals surface area contributed by atoms with Gasteiger partial charge in [-0.05, 0) is 24.6 Å². The van der Waals surface area contributed by atoms with E-state index in [0.717, 1.165) is 11.1 Å². The van der Waals surface area contributed by atoms with Crippen LogP contribution >= 0.6 is 0 Å². The Morgan fingerprint density at radius 2 is 1.86 bits per heavy atom. The summed E-state index contributed by atoms with van der Waals surface area (Å²) in [5, 5.41) is 14.3. The number of amides is 3. The van der Waals surface area contributed by atoms with Gasteiger partial charge in [0.25, 0.3) is 5.91 Å². The molecule has 0 aliphatic carbocycles. The highest BCUT2D eigenvalue weighted by atomic mass is 16.3. The summed E-state index contributed by atoms with van der Waals surface area (Å²) < 4.78 is 0. The zero-order valence-electron chi connectivity index (χ0n) is 11.6. The summed E-state index contributed by atoms with van der Waals surface area (Å²) in [5.41, 5.74) is 2.10. The highest BCUT2D eigenvalue weighted by molar-refractivity contribution is 6.05. The van der Waals surface area contributed by atoms with Crippen molar-refractivity contribution in [3.63, 3.8) is 0 Å². The Morgan fingerprint density at radius 1 is 1.10 bits per heavy atom. The van der Waals surface area contributed by atoms with Crippen LogP contribution in [0.25, 0.3) is 0 Å². The molecule has 3 N–H and O–H groups in total. The van der Waals surface area contributed by atoms with Crippen molar-refractivity contribution in [3.8, 4) is 5.75 Å². The molecule has 3 amide bonds. The lowest BCUT2D eigenvalue weighted by molar-refractivity contribution is 0.0961. The van der Waals surface area contributed by atoms with Crippen molar-refractivity contribution in [3.05, 3.63) is 65.2 Å². The normalized spacial score (nSPS) is 9.95. The first-order valence-electron chi connectivity index (χ1n) is 6.49. The van der Waals surface area contributed by atoms with E-state index in [9.17, 15) is 14.7 Å². The second-order valence-electron chi connectivity index (χ2n) is 4.64. The van der Waals surface area contributed by atoms with Gasteiger partial charge in [-0.3, -0.25) is 10.1 Å². The molecule has 0 atom stereocenters. The van der Waals surface area contributed by atoms with Gasteiger partial charge in [-0.25, -0.2) is 4.79 Å². The van der Waals surface area contributed by atoms with Crippen LogP contribution in [0.1, 0.15) is 21.5 Å². The maximum Gasteiger partial charge on any atom is 0.321 e. The van der Waals surface area contributed by atoms with Gasteiger partial charge in [0.1, 0.15) is 5.75 Å². The molecule has 5 nitrogen and oxygen atoms in total. The fourth-order valence-electron chi connectivity index (χ4n) is 1.88. The van der Waals surface area contributed by atoms with E-state index in [-0.39, 0.29) is 11.3 Å². The maximum absolute atomic E-state index is 11.8. The first-order chi connectivity index (χ1) is 10.1. The van der Waals surface area contributed by atoms with Crippen molar-refractivity contribution in [1.29, 1.82) is 0 Å². The summed E-state index contributed by atoms with van der Waals surface area (Å²) in [6.07, 6.45) is 0. The van der Waals surface area contributed by atoms with Gasteiger partial charge in [0.15, 0.2) is 0 Å². The molecule has 0 saturated carbocycles. The van der Waals surface area contributed by atoms with E-state index in [2.05, 4.69) is 10.6 Å². The van der Waals surface area contributed by atoms with Gasteiger partial charge >= 0.3 is 6.03 Å². The van der Waals surface area contributed by atoms with Crippen molar-refractivity contribution in [1.82, 2.24) is 10.6 Å². The third-order valence-electron chi connectivity index (χ3n) is 2.91. The lowest BCUT2D eigenvalue weighted by Crippen LogP contribution is -2.39. The second-order valence-corrected chi connectivity index (χ2v) is 4.64. The van der Waals surface area contributed by atoms with Crippen molar-refractivity contribution in [2.45, 2.75) is 13.5 Å². The number of aromatic hydroxyl groups is 1. The van der Waals surface area contributed by atoms with Gasteiger partial charge in [-0.1, -0.05) is 42.0 Å². The van der Waals surface area contributed by atoms with Crippen LogP contribution in [0, 0.1) is 6.92 Å². The minimum absolute atomic E-state index is 0.0585. The summed E-state index contributed by atoms with van der Waals surface area (Å²) in [6.45, 7) is 2.28. The molecular weight excluding hydrogens is 268 g/mol. The minimum Gasteiger partial charge on any atom is -0.507 e. The predicted molar refractivity (Wildman–Crippen MR) is 79.0 cm³/mol. The third kappa shape index (κ3) is 4.07. The van der Waals surface area contributed by atoms with Crippen LogP contribution in [0.15, 0.2) is 48.5 Å². The van der Waals surface area contributed by atoms with E-state index in [1.807, 2.05) is 31.2 Å². The number of imide groups is 1. The average molecular weight is 284 g/mol. The number of carbonyl (C=O) groups is 2. The van der Waals surface area contributed by atoms with Crippen molar-refractivity contribution < 1.29 is 14.7 Å². The van der Waals surface area contributed by atoms with Crippen LogP contribution in [0.4, 0.5) is 4.79 Å². The van der Waals surface area contributed by atoms with E-state index >= 15 is 0 Å². The third-order valence-corrected chi connectivity index (χ3v) is 2.91. The fraction of sp³-hybridized carbons (Fsp3) is 0.125. The van der Waals surface area contributed by atoms with Gasteiger partial charge in [0, 0.05) is 6.54 Å². The standard InChI is InChI=1S/C16H16N2O3/c1-11-5-4-6-12(9-11)10-17-16(21)18-15(20)13-7-2-3-8-14(13)19/h2-9,19H,10H2,1H3,(H2,17,18,20,21). The summed E-state index contributed by atoms with van der Waals surface area (Å²) in [6, 6.07) is 13.1. The summed E-state index contributed by atoms with van der Waals surface area (Å²) >= 11 is 0. The molecule has 5 heteroatoms. The Bertz CT molecular complexity index is 668. The van der Waals surface area contributed by atoms with E-state index < -0.39 is 11.9 Å². The molecule has 0 aliphatic heterocycles. The Balaban J connectivity index is 1.90. The number of phenols is 1. The quantitative estimate of drug-likeness (QED) is 0.809. The number of nitrogens with one attached hydrogen (secondary N) is 2. The van der Waals surface area contributed by atoms with Crippen LogP contribution in [-0.2, 0) is 6.54 Å². The second kappa shape index (κ2) is 6.56. The van der Waals surface area contributed by atoms with E-state index in [0.29, 0.717) is 6.54 Å². The molecule has 0 bridgehead atoms. The van der Waals surface area contributed by atoms with Gasteiger partial charge in [0.2, 0.25) is 0 Å². The molecule has 0 aliphatic rings. The predicted octanol–water partition coefficient (Wildman–Crippen LogP) is 2.34. The Morgan fingerprint density at radius 3 is 2.57 bits per heavy atom. The van der Waals surface area contributed by atoms with Gasteiger partial charge in [0.05, 0.1) is 5.56 Å². The molecule has 0 radical (unpaired) electrons. The summed E-state index contributed by atoms with van der Waals surface area (Å²) in [4.78, 5) is 23.5. The Labute approximate surface area is 122 Å². The molecule has 2 aromatic rings. The number of benzene rings is 2. The van der Waals surface area contributed by atoms with Crippen molar-refractivity contribution in [2.75, 3.05) is 0 Å². The minimum atomic E-state index is -0.644. The lowest BCUT2D eigenvalue weighted by Gasteiger charge is -2.08. The molecule has 2 rings (SSSR count). The van der Waals surface area contributed by atoms with Crippen LogP contribution in [0.5, 0.6) is 5.75 Å². The number of carbonyl (C=O) groups excluding carboxylic acids is 2. The summed E-state index contributed by atoms with van der Waals surface area (Å²) in [7, 11) is 0. The molecular formula is C16H16N2O3. The molecule has 0 unspecified atom stereocenters. The molecule has 0 saturated heterocycles. The monoisotopic (exact) mass is 284 g/mol. The molecule has 2 aromatic carbocycles. The molecule has 0 heterocycles. The SMILES string of the molecule is Cc1cccc(CNC(=O)NC(=O)c2ccccc2O)c1. The van der Waals surface area contributed by atoms with Crippen LogP contribution in [-0.4, -0.2) is 17.0 Å². The first-order valence-corrected chi connectivity index (χ1v) is 6.49. The van der Waals surface area contributed by atoms with Crippen LogP contribution in [0.2, 0.25) is 0 Å². The highest BCUT2D eigenvalue weighted by Gasteiger charge is 2.13. The Kier molecular flexibility index (Phi) is 4.56. The number of hydrogen-bond donors (Lipinski definition) is 3. The van der Waals surface area contributed by atoms with E-state index in [1.165, 1.54) is 12.1 Å².